The molecule has 1 heterocycles. The second-order valence-corrected chi connectivity index (χ2v) is 6.53. The van der Waals surface area contributed by atoms with Crippen LogP contribution in [0.25, 0.3) is 0 Å². The number of aromatic nitrogens is 2. The summed E-state index contributed by atoms with van der Waals surface area (Å²) >= 11 is 0. The zero-order chi connectivity index (χ0) is 16.0. The average molecular weight is 294 g/mol. The maximum absolute atomic E-state index is 5.24. The predicted molar refractivity (Wildman–Crippen MR) is 89.3 cm³/mol. The number of anilines is 2. The van der Waals surface area contributed by atoms with Crippen molar-refractivity contribution in [2.75, 3.05) is 37.5 Å². The quantitative estimate of drug-likeness (QED) is 0.837. The number of ether oxygens (including phenoxy) is 1. The summed E-state index contributed by atoms with van der Waals surface area (Å²) < 4.78 is 5.24. The van der Waals surface area contributed by atoms with Gasteiger partial charge in [-0.15, -0.1) is 0 Å². The van der Waals surface area contributed by atoms with Gasteiger partial charge in [0.25, 0.3) is 0 Å². The molecule has 0 amide bonds. The molecule has 1 atom stereocenters. The number of hydrogen-bond acceptors (Lipinski definition) is 5. The summed E-state index contributed by atoms with van der Waals surface area (Å²) in [5.41, 5.74) is -0.0794. The van der Waals surface area contributed by atoms with Crippen LogP contribution in [0, 0.1) is 0 Å². The molecule has 1 aromatic heterocycles. The Morgan fingerprint density at radius 1 is 1.33 bits per heavy atom. The molecule has 5 heteroatoms. The van der Waals surface area contributed by atoms with Crippen molar-refractivity contribution >= 4 is 11.6 Å². The summed E-state index contributed by atoms with van der Waals surface area (Å²) in [5, 5.41) is 3.36. The Morgan fingerprint density at radius 2 is 2.00 bits per heavy atom. The van der Waals surface area contributed by atoms with E-state index in [4.69, 9.17) is 9.72 Å². The second kappa shape index (κ2) is 7.59. The molecule has 0 aliphatic carbocycles. The van der Waals surface area contributed by atoms with E-state index < -0.39 is 0 Å². The molecular weight excluding hydrogens is 264 g/mol. The highest BCUT2D eigenvalue weighted by atomic mass is 16.5. The molecule has 0 aromatic carbocycles. The van der Waals surface area contributed by atoms with E-state index >= 15 is 0 Å². The smallest absolute Gasteiger partial charge is 0.138 e. The van der Waals surface area contributed by atoms with Crippen molar-refractivity contribution in [3.05, 3.63) is 11.9 Å². The van der Waals surface area contributed by atoms with E-state index in [0.717, 1.165) is 30.4 Å². The maximum Gasteiger partial charge on any atom is 0.138 e. The van der Waals surface area contributed by atoms with E-state index in [1.807, 2.05) is 13.1 Å². The highest BCUT2D eigenvalue weighted by Crippen LogP contribution is 2.24. The van der Waals surface area contributed by atoms with Crippen LogP contribution in [0.15, 0.2) is 6.07 Å². The van der Waals surface area contributed by atoms with Crippen molar-refractivity contribution in [1.29, 1.82) is 0 Å². The molecule has 1 N–H and O–H groups in total. The van der Waals surface area contributed by atoms with Crippen LogP contribution in [0.4, 0.5) is 11.6 Å². The van der Waals surface area contributed by atoms with Crippen molar-refractivity contribution in [3.63, 3.8) is 0 Å². The summed E-state index contributed by atoms with van der Waals surface area (Å²) in [6.45, 7) is 12.3. The molecule has 21 heavy (non-hydrogen) atoms. The first-order valence-electron chi connectivity index (χ1n) is 7.64. The first kappa shape index (κ1) is 17.7. The topological polar surface area (TPSA) is 50.3 Å². The molecule has 1 rings (SSSR count). The van der Waals surface area contributed by atoms with Gasteiger partial charge in [-0.25, -0.2) is 9.97 Å². The summed E-state index contributed by atoms with van der Waals surface area (Å²) in [6.07, 6.45) is 1.07. The lowest BCUT2D eigenvalue weighted by Gasteiger charge is -2.27. The third-order valence-electron chi connectivity index (χ3n) is 3.37. The van der Waals surface area contributed by atoms with Crippen molar-refractivity contribution in [2.24, 2.45) is 0 Å². The van der Waals surface area contributed by atoms with E-state index in [1.54, 1.807) is 7.11 Å². The number of methoxy groups -OCH3 is 1. The minimum absolute atomic E-state index is 0.0794. The number of nitrogens with zero attached hydrogens (tertiary/aromatic N) is 3. The Kier molecular flexibility index (Phi) is 6.40. The van der Waals surface area contributed by atoms with Gasteiger partial charge >= 0.3 is 0 Å². The first-order chi connectivity index (χ1) is 9.79. The Balaban J connectivity index is 3.11. The fourth-order valence-corrected chi connectivity index (χ4v) is 1.87. The fraction of sp³-hybridized carbons (Fsp3) is 0.750. The van der Waals surface area contributed by atoms with Gasteiger partial charge in [0.1, 0.15) is 17.5 Å². The lowest BCUT2D eigenvalue weighted by Crippen LogP contribution is -2.34. The third kappa shape index (κ3) is 5.16. The third-order valence-corrected chi connectivity index (χ3v) is 3.37. The largest absolute Gasteiger partial charge is 0.383 e. The van der Waals surface area contributed by atoms with Gasteiger partial charge in [0.05, 0.1) is 12.6 Å². The van der Waals surface area contributed by atoms with Gasteiger partial charge < -0.3 is 15.0 Å². The Labute approximate surface area is 129 Å². The molecule has 0 bridgehead atoms. The summed E-state index contributed by atoms with van der Waals surface area (Å²) in [7, 11) is 3.77. The van der Waals surface area contributed by atoms with E-state index in [-0.39, 0.29) is 11.5 Å². The van der Waals surface area contributed by atoms with E-state index in [2.05, 4.69) is 49.8 Å². The van der Waals surface area contributed by atoms with Crippen molar-refractivity contribution < 1.29 is 4.74 Å². The average Bonchev–Trinajstić information content (AvgIpc) is 2.43. The standard InChI is InChI=1S/C16H30N4O/c1-8-9-17-13-10-14(20(6)12(2)11-21-7)19-15(18-13)16(3,4)5/h10,12H,8-9,11H2,1-7H3,(H,17,18,19). The molecule has 0 aliphatic heterocycles. The SMILES string of the molecule is CCCNc1cc(N(C)C(C)COC)nc(C(C)(C)C)n1. The molecule has 0 fully saturated rings. The zero-order valence-electron chi connectivity index (χ0n) is 14.5. The Morgan fingerprint density at radius 3 is 2.52 bits per heavy atom. The Hall–Kier alpha value is -1.36. The minimum atomic E-state index is -0.0794. The van der Waals surface area contributed by atoms with E-state index in [1.165, 1.54) is 0 Å². The number of nitrogens with one attached hydrogen (secondary N) is 1. The van der Waals surface area contributed by atoms with Crippen molar-refractivity contribution in [2.45, 2.75) is 52.5 Å². The first-order valence-corrected chi connectivity index (χ1v) is 7.64. The van der Waals surface area contributed by atoms with Gasteiger partial charge in [-0.3, -0.25) is 0 Å². The monoisotopic (exact) mass is 294 g/mol. The van der Waals surface area contributed by atoms with Crippen LogP contribution >= 0.6 is 0 Å². The zero-order valence-corrected chi connectivity index (χ0v) is 14.5. The van der Waals surface area contributed by atoms with Gasteiger partial charge in [-0.2, -0.15) is 0 Å². The van der Waals surface area contributed by atoms with Crippen LogP contribution in [0.5, 0.6) is 0 Å². The lowest BCUT2D eigenvalue weighted by atomic mass is 9.96. The number of rotatable bonds is 7. The van der Waals surface area contributed by atoms with Crippen LogP contribution in [0.2, 0.25) is 0 Å². The minimum Gasteiger partial charge on any atom is -0.383 e. The molecule has 1 aromatic rings. The molecule has 5 nitrogen and oxygen atoms in total. The Bertz CT molecular complexity index is 442. The highest BCUT2D eigenvalue weighted by Gasteiger charge is 2.21. The molecule has 120 valence electrons. The van der Waals surface area contributed by atoms with E-state index in [9.17, 15) is 0 Å². The van der Waals surface area contributed by atoms with Gasteiger partial charge in [0.15, 0.2) is 0 Å². The molecule has 0 radical (unpaired) electrons. The van der Waals surface area contributed by atoms with Gasteiger partial charge in [-0.1, -0.05) is 27.7 Å². The molecule has 1 unspecified atom stereocenters. The molecule has 0 saturated heterocycles. The van der Waals surface area contributed by atoms with Crippen LogP contribution in [0.1, 0.15) is 46.9 Å². The van der Waals surface area contributed by atoms with Crippen molar-refractivity contribution in [3.8, 4) is 0 Å². The number of likely N-dealkylation sites (N-methyl/N-ethyl adjacent to an activating group) is 1. The van der Waals surface area contributed by atoms with Gasteiger partial charge in [-0.05, 0) is 13.3 Å². The molecule has 0 aliphatic rings. The molecule has 0 saturated carbocycles. The van der Waals surface area contributed by atoms with Crippen LogP contribution in [-0.2, 0) is 10.2 Å². The maximum atomic E-state index is 5.24. The lowest BCUT2D eigenvalue weighted by molar-refractivity contribution is 0.183. The summed E-state index contributed by atoms with van der Waals surface area (Å²) in [6, 6.07) is 2.27. The van der Waals surface area contributed by atoms with Crippen LogP contribution < -0.4 is 10.2 Å². The predicted octanol–water partition coefficient (Wildman–Crippen LogP) is 3.07. The number of hydrogen-bond donors (Lipinski definition) is 1. The van der Waals surface area contributed by atoms with Crippen LogP contribution in [0.3, 0.4) is 0 Å². The normalized spacial score (nSPS) is 13.1. The second-order valence-electron chi connectivity index (χ2n) is 6.53. The summed E-state index contributed by atoms with van der Waals surface area (Å²) in [4.78, 5) is 11.5. The van der Waals surface area contributed by atoms with Crippen LogP contribution in [-0.4, -0.2) is 43.3 Å². The molecular formula is C16H30N4O. The molecule has 0 spiro atoms. The van der Waals surface area contributed by atoms with Gasteiger partial charge in [0, 0.05) is 32.2 Å². The van der Waals surface area contributed by atoms with Gasteiger partial charge in [0.2, 0.25) is 0 Å². The highest BCUT2D eigenvalue weighted by molar-refractivity contribution is 5.50. The summed E-state index contributed by atoms with van der Waals surface area (Å²) in [5.74, 6) is 2.68. The van der Waals surface area contributed by atoms with Crippen molar-refractivity contribution in [1.82, 2.24) is 9.97 Å². The van der Waals surface area contributed by atoms with E-state index in [0.29, 0.717) is 6.61 Å². The fourth-order valence-electron chi connectivity index (χ4n) is 1.87.